The smallest absolute Gasteiger partial charge is 0.322 e. The third-order valence-electron chi connectivity index (χ3n) is 5.14. The van der Waals surface area contributed by atoms with E-state index in [9.17, 15) is 9.59 Å². The van der Waals surface area contributed by atoms with Crippen LogP contribution in [0.3, 0.4) is 0 Å². The fourth-order valence-electron chi connectivity index (χ4n) is 3.27. The van der Waals surface area contributed by atoms with E-state index in [2.05, 4.69) is 34.2 Å². The first kappa shape index (κ1) is 24.0. The van der Waals surface area contributed by atoms with Gasteiger partial charge in [0.1, 0.15) is 6.54 Å². The number of halogens is 1. The lowest BCUT2D eigenvalue weighted by Crippen LogP contribution is -2.47. The molecule has 0 fully saturated rings. The van der Waals surface area contributed by atoms with Crippen LogP contribution in [0.15, 0.2) is 70.5 Å². The standard InChI is InChI=1S/C25H28BrN3O2S/c1-18(2)29(25(31)27-22-11-7-10-21(26)14-22)17-24(30)28(15-20-8-5-4-6-9-20)16-23-19(3)12-13-32-23/h4-14,18H,15-17H2,1-3H3,(H,27,31). The van der Waals surface area contributed by atoms with Gasteiger partial charge in [-0.2, -0.15) is 0 Å². The number of aryl methyl sites for hydroxylation is 1. The quantitative estimate of drug-likeness (QED) is 0.384. The molecule has 0 radical (unpaired) electrons. The lowest BCUT2D eigenvalue weighted by molar-refractivity contribution is -0.133. The molecule has 0 aliphatic carbocycles. The highest BCUT2D eigenvalue weighted by Crippen LogP contribution is 2.20. The van der Waals surface area contributed by atoms with Gasteiger partial charge in [-0.15, -0.1) is 11.3 Å². The van der Waals surface area contributed by atoms with Crippen LogP contribution >= 0.6 is 27.3 Å². The second-order valence-corrected chi connectivity index (χ2v) is 9.84. The van der Waals surface area contributed by atoms with E-state index in [-0.39, 0.29) is 24.5 Å². The fraction of sp³-hybridized carbons (Fsp3) is 0.280. The molecule has 168 valence electrons. The van der Waals surface area contributed by atoms with E-state index in [0.717, 1.165) is 14.9 Å². The van der Waals surface area contributed by atoms with Crippen molar-refractivity contribution in [1.82, 2.24) is 9.80 Å². The van der Waals surface area contributed by atoms with Gasteiger partial charge < -0.3 is 15.1 Å². The largest absolute Gasteiger partial charge is 0.332 e. The molecule has 2 aromatic carbocycles. The zero-order chi connectivity index (χ0) is 23.1. The summed E-state index contributed by atoms with van der Waals surface area (Å²) in [6.45, 7) is 6.92. The monoisotopic (exact) mass is 513 g/mol. The molecule has 0 aliphatic rings. The van der Waals surface area contributed by atoms with Crippen molar-refractivity contribution in [2.45, 2.75) is 39.9 Å². The number of amides is 3. The maximum Gasteiger partial charge on any atom is 0.322 e. The van der Waals surface area contributed by atoms with Crippen molar-refractivity contribution in [2.24, 2.45) is 0 Å². The Morgan fingerprint density at radius 3 is 2.41 bits per heavy atom. The van der Waals surface area contributed by atoms with Crippen LogP contribution in [0.4, 0.5) is 10.5 Å². The fourth-order valence-corrected chi connectivity index (χ4v) is 4.59. The summed E-state index contributed by atoms with van der Waals surface area (Å²) >= 11 is 5.07. The minimum atomic E-state index is -0.293. The SMILES string of the molecule is Cc1ccsc1CN(Cc1ccccc1)C(=O)CN(C(=O)Nc1cccc(Br)c1)C(C)C. The van der Waals surface area contributed by atoms with E-state index in [0.29, 0.717) is 18.8 Å². The molecule has 5 nitrogen and oxygen atoms in total. The van der Waals surface area contributed by atoms with Gasteiger partial charge in [0, 0.05) is 27.6 Å². The third kappa shape index (κ3) is 6.68. The molecular formula is C25H28BrN3O2S. The molecule has 0 bridgehead atoms. The highest BCUT2D eigenvalue weighted by molar-refractivity contribution is 9.10. The number of carbonyl (C=O) groups is 2. The maximum absolute atomic E-state index is 13.4. The molecule has 7 heteroatoms. The molecule has 0 unspecified atom stereocenters. The summed E-state index contributed by atoms with van der Waals surface area (Å²) in [5, 5.41) is 4.94. The predicted octanol–water partition coefficient (Wildman–Crippen LogP) is 6.29. The molecule has 1 heterocycles. The molecule has 0 atom stereocenters. The second-order valence-electron chi connectivity index (χ2n) is 7.92. The van der Waals surface area contributed by atoms with Crippen LogP contribution in [0.2, 0.25) is 0 Å². The lowest BCUT2D eigenvalue weighted by Gasteiger charge is -2.30. The van der Waals surface area contributed by atoms with E-state index in [1.54, 1.807) is 16.2 Å². The van der Waals surface area contributed by atoms with Gasteiger partial charge in [-0.3, -0.25) is 4.79 Å². The number of hydrogen-bond donors (Lipinski definition) is 1. The summed E-state index contributed by atoms with van der Waals surface area (Å²) in [5.74, 6) is -0.0836. The Labute approximate surface area is 202 Å². The summed E-state index contributed by atoms with van der Waals surface area (Å²) in [7, 11) is 0. The van der Waals surface area contributed by atoms with E-state index in [1.165, 1.54) is 5.56 Å². The Kier molecular flexibility index (Phi) is 8.47. The van der Waals surface area contributed by atoms with Crippen molar-refractivity contribution in [2.75, 3.05) is 11.9 Å². The Hall–Kier alpha value is -2.64. The zero-order valence-corrected chi connectivity index (χ0v) is 20.9. The Balaban J connectivity index is 1.76. The van der Waals surface area contributed by atoms with Crippen LogP contribution in [0, 0.1) is 6.92 Å². The van der Waals surface area contributed by atoms with Crippen LogP contribution in [0.25, 0.3) is 0 Å². The van der Waals surface area contributed by atoms with Crippen molar-refractivity contribution >= 4 is 44.9 Å². The van der Waals surface area contributed by atoms with Crippen molar-refractivity contribution in [3.63, 3.8) is 0 Å². The van der Waals surface area contributed by atoms with Gasteiger partial charge in [0.2, 0.25) is 5.91 Å². The average molecular weight is 514 g/mol. The molecule has 0 saturated carbocycles. The van der Waals surface area contributed by atoms with Gasteiger partial charge >= 0.3 is 6.03 Å². The van der Waals surface area contributed by atoms with Crippen LogP contribution in [-0.4, -0.2) is 34.3 Å². The molecular weight excluding hydrogens is 486 g/mol. The summed E-state index contributed by atoms with van der Waals surface area (Å²) in [5.41, 5.74) is 2.91. The number of rotatable bonds is 8. The van der Waals surface area contributed by atoms with Gasteiger partial charge in [-0.05, 0) is 61.5 Å². The summed E-state index contributed by atoms with van der Waals surface area (Å²) < 4.78 is 0.878. The van der Waals surface area contributed by atoms with Gasteiger partial charge in [0.05, 0.1) is 6.54 Å². The van der Waals surface area contributed by atoms with Gasteiger partial charge in [-0.25, -0.2) is 4.79 Å². The first-order chi connectivity index (χ1) is 15.3. The number of carbonyl (C=O) groups excluding carboxylic acids is 2. The Morgan fingerprint density at radius 1 is 1.03 bits per heavy atom. The first-order valence-corrected chi connectivity index (χ1v) is 12.2. The van der Waals surface area contributed by atoms with Gasteiger partial charge in [-0.1, -0.05) is 52.3 Å². The molecule has 3 aromatic rings. The highest BCUT2D eigenvalue weighted by Gasteiger charge is 2.24. The lowest BCUT2D eigenvalue weighted by atomic mass is 10.2. The Bertz CT molecular complexity index is 1050. The summed E-state index contributed by atoms with van der Waals surface area (Å²) in [6, 6.07) is 19.0. The van der Waals surface area contributed by atoms with E-state index >= 15 is 0 Å². The van der Waals surface area contributed by atoms with Crippen molar-refractivity contribution in [3.8, 4) is 0 Å². The van der Waals surface area contributed by atoms with Crippen molar-refractivity contribution in [3.05, 3.63) is 86.5 Å². The molecule has 0 spiro atoms. The molecule has 1 N–H and O–H groups in total. The molecule has 1 aromatic heterocycles. The van der Waals surface area contributed by atoms with Crippen LogP contribution in [-0.2, 0) is 17.9 Å². The topological polar surface area (TPSA) is 52.7 Å². The van der Waals surface area contributed by atoms with Crippen LogP contribution in [0.5, 0.6) is 0 Å². The molecule has 0 aliphatic heterocycles. The average Bonchev–Trinajstić information content (AvgIpc) is 3.16. The minimum Gasteiger partial charge on any atom is -0.332 e. The number of nitrogens with one attached hydrogen (secondary N) is 1. The van der Waals surface area contributed by atoms with Crippen molar-refractivity contribution < 1.29 is 9.59 Å². The molecule has 32 heavy (non-hydrogen) atoms. The minimum absolute atomic E-state index is 0.00869. The highest BCUT2D eigenvalue weighted by atomic mass is 79.9. The number of urea groups is 1. The van der Waals surface area contributed by atoms with Gasteiger partial charge in [0.25, 0.3) is 0 Å². The number of thiophene rings is 1. The second kappa shape index (κ2) is 11.3. The first-order valence-electron chi connectivity index (χ1n) is 10.5. The maximum atomic E-state index is 13.4. The van der Waals surface area contributed by atoms with Crippen LogP contribution in [0.1, 0.15) is 29.9 Å². The number of hydrogen-bond acceptors (Lipinski definition) is 3. The summed E-state index contributed by atoms with van der Waals surface area (Å²) in [4.78, 5) is 31.0. The van der Waals surface area contributed by atoms with Crippen molar-refractivity contribution in [1.29, 1.82) is 0 Å². The van der Waals surface area contributed by atoms with Crippen LogP contribution < -0.4 is 5.32 Å². The third-order valence-corrected chi connectivity index (χ3v) is 6.64. The molecule has 3 amide bonds. The van der Waals surface area contributed by atoms with Gasteiger partial charge in [0.15, 0.2) is 0 Å². The summed E-state index contributed by atoms with van der Waals surface area (Å²) in [6.07, 6.45) is 0. The Morgan fingerprint density at radius 2 is 1.78 bits per heavy atom. The normalized spacial score (nSPS) is 10.8. The van der Waals surface area contributed by atoms with E-state index < -0.39 is 0 Å². The van der Waals surface area contributed by atoms with E-state index in [1.807, 2.05) is 78.7 Å². The van der Waals surface area contributed by atoms with E-state index in [4.69, 9.17) is 0 Å². The predicted molar refractivity (Wildman–Crippen MR) is 135 cm³/mol. The molecule has 0 saturated heterocycles. The zero-order valence-electron chi connectivity index (χ0n) is 18.5. The molecule has 3 rings (SSSR count). The number of anilines is 1. The number of benzene rings is 2. The number of nitrogens with zero attached hydrogens (tertiary/aromatic N) is 2.